The first-order chi connectivity index (χ1) is 9.58. The molecule has 20 heavy (non-hydrogen) atoms. The Morgan fingerprint density at radius 3 is 2.30 bits per heavy atom. The number of ether oxygens (including phenoxy) is 2. The van der Waals surface area contributed by atoms with E-state index in [-0.39, 0.29) is 18.3 Å². The first-order valence-corrected chi connectivity index (χ1v) is 6.50. The molecule has 0 saturated carbocycles. The third-order valence-corrected chi connectivity index (χ3v) is 2.96. The van der Waals surface area contributed by atoms with Gasteiger partial charge in [0.2, 0.25) is 0 Å². The lowest BCUT2D eigenvalue weighted by Crippen LogP contribution is -2.35. The second kappa shape index (κ2) is 8.32. The number of aryl methyl sites for hydroxylation is 1. The second-order valence-electron chi connectivity index (χ2n) is 4.48. The molecule has 1 rings (SSSR count). The zero-order valence-electron chi connectivity index (χ0n) is 12.2. The van der Waals surface area contributed by atoms with E-state index in [0.717, 1.165) is 5.56 Å². The van der Waals surface area contributed by atoms with Gasteiger partial charge in [-0.15, -0.1) is 0 Å². The normalized spacial score (nSPS) is 10.2. The molecule has 0 aliphatic rings. The van der Waals surface area contributed by atoms with Crippen LogP contribution in [-0.2, 0) is 14.3 Å². The summed E-state index contributed by atoms with van der Waals surface area (Å²) >= 11 is 0. The van der Waals surface area contributed by atoms with Gasteiger partial charge < -0.3 is 14.4 Å². The molecule has 0 heterocycles. The van der Waals surface area contributed by atoms with Gasteiger partial charge in [-0.05, 0) is 19.1 Å². The number of hydrogen-bond acceptors (Lipinski definition) is 4. The highest BCUT2D eigenvalue weighted by Crippen LogP contribution is 2.08. The van der Waals surface area contributed by atoms with E-state index in [1.807, 2.05) is 19.1 Å². The lowest BCUT2D eigenvalue weighted by atomic mass is 10.1. The van der Waals surface area contributed by atoms with Gasteiger partial charge >= 0.3 is 5.97 Å². The second-order valence-corrected chi connectivity index (χ2v) is 4.48. The van der Waals surface area contributed by atoms with Crippen LogP contribution in [0.2, 0.25) is 0 Å². The Labute approximate surface area is 119 Å². The maximum absolute atomic E-state index is 12.4. The van der Waals surface area contributed by atoms with Crippen LogP contribution in [0.4, 0.5) is 0 Å². The van der Waals surface area contributed by atoms with E-state index >= 15 is 0 Å². The van der Waals surface area contributed by atoms with Crippen molar-refractivity contribution in [3.63, 3.8) is 0 Å². The van der Waals surface area contributed by atoms with Crippen molar-refractivity contribution in [1.82, 2.24) is 4.90 Å². The SMILES string of the molecule is COCCN(CCC(=O)OC)C(=O)c1ccc(C)cc1. The van der Waals surface area contributed by atoms with Crippen molar-refractivity contribution in [2.75, 3.05) is 33.9 Å². The molecule has 110 valence electrons. The summed E-state index contributed by atoms with van der Waals surface area (Å²) in [5.74, 6) is -0.435. The Morgan fingerprint density at radius 2 is 1.75 bits per heavy atom. The molecule has 0 radical (unpaired) electrons. The smallest absolute Gasteiger partial charge is 0.307 e. The van der Waals surface area contributed by atoms with Gasteiger partial charge in [0.25, 0.3) is 5.91 Å². The van der Waals surface area contributed by atoms with E-state index in [1.54, 1.807) is 24.1 Å². The first-order valence-electron chi connectivity index (χ1n) is 6.50. The Morgan fingerprint density at radius 1 is 1.10 bits per heavy atom. The fraction of sp³-hybridized carbons (Fsp3) is 0.467. The Balaban J connectivity index is 2.72. The van der Waals surface area contributed by atoms with Crippen molar-refractivity contribution in [2.24, 2.45) is 0 Å². The summed E-state index contributed by atoms with van der Waals surface area (Å²) in [6.07, 6.45) is 0.178. The van der Waals surface area contributed by atoms with Crippen molar-refractivity contribution in [2.45, 2.75) is 13.3 Å². The topological polar surface area (TPSA) is 55.8 Å². The fourth-order valence-electron chi connectivity index (χ4n) is 1.72. The monoisotopic (exact) mass is 279 g/mol. The molecule has 0 aromatic heterocycles. The van der Waals surface area contributed by atoms with E-state index in [9.17, 15) is 9.59 Å². The van der Waals surface area contributed by atoms with Gasteiger partial charge in [-0.2, -0.15) is 0 Å². The lowest BCUT2D eigenvalue weighted by Gasteiger charge is -2.22. The summed E-state index contributed by atoms with van der Waals surface area (Å²) in [6, 6.07) is 7.36. The number of benzene rings is 1. The van der Waals surface area contributed by atoms with Crippen LogP contribution in [0, 0.1) is 6.92 Å². The molecule has 0 aliphatic carbocycles. The van der Waals surface area contributed by atoms with E-state index in [4.69, 9.17) is 4.74 Å². The number of nitrogens with zero attached hydrogens (tertiary/aromatic N) is 1. The highest BCUT2D eigenvalue weighted by Gasteiger charge is 2.16. The van der Waals surface area contributed by atoms with E-state index in [0.29, 0.717) is 25.3 Å². The summed E-state index contributed by atoms with van der Waals surface area (Å²) in [5.41, 5.74) is 1.70. The van der Waals surface area contributed by atoms with Gasteiger partial charge in [0.05, 0.1) is 20.1 Å². The van der Waals surface area contributed by atoms with Gasteiger partial charge in [0.1, 0.15) is 0 Å². The Kier molecular flexibility index (Phi) is 6.73. The highest BCUT2D eigenvalue weighted by atomic mass is 16.5. The highest BCUT2D eigenvalue weighted by molar-refractivity contribution is 5.94. The van der Waals surface area contributed by atoms with E-state index in [1.165, 1.54) is 7.11 Å². The summed E-state index contributed by atoms with van der Waals surface area (Å²) in [4.78, 5) is 25.2. The molecule has 0 unspecified atom stereocenters. The molecule has 5 heteroatoms. The summed E-state index contributed by atoms with van der Waals surface area (Å²) in [5, 5.41) is 0. The van der Waals surface area contributed by atoms with Crippen molar-refractivity contribution >= 4 is 11.9 Å². The van der Waals surface area contributed by atoms with Crippen LogP contribution >= 0.6 is 0 Å². The van der Waals surface area contributed by atoms with Crippen LogP contribution in [0.25, 0.3) is 0 Å². The van der Waals surface area contributed by atoms with Crippen LogP contribution in [0.15, 0.2) is 24.3 Å². The van der Waals surface area contributed by atoms with E-state index in [2.05, 4.69) is 4.74 Å². The summed E-state index contributed by atoms with van der Waals surface area (Å²) < 4.78 is 9.60. The van der Waals surface area contributed by atoms with Crippen LogP contribution in [0.3, 0.4) is 0 Å². The molecular weight excluding hydrogens is 258 g/mol. The maximum Gasteiger partial charge on any atom is 0.307 e. The van der Waals surface area contributed by atoms with Crippen LogP contribution in [-0.4, -0.2) is 50.7 Å². The maximum atomic E-state index is 12.4. The minimum Gasteiger partial charge on any atom is -0.469 e. The van der Waals surface area contributed by atoms with Gasteiger partial charge in [-0.1, -0.05) is 17.7 Å². The standard InChI is InChI=1S/C15H21NO4/c1-12-4-6-13(7-5-12)15(18)16(10-11-19-2)9-8-14(17)20-3/h4-7H,8-11H2,1-3H3. The number of amides is 1. The van der Waals surface area contributed by atoms with Crippen molar-refractivity contribution in [1.29, 1.82) is 0 Å². The summed E-state index contributed by atoms with van der Waals surface area (Å²) in [6.45, 7) is 3.16. The largest absolute Gasteiger partial charge is 0.469 e. The zero-order valence-corrected chi connectivity index (χ0v) is 12.2. The minimum atomic E-state index is -0.330. The Bertz CT molecular complexity index is 442. The van der Waals surface area contributed by atoms with Gasteiger partial charge in [-0.25, -0.2) is 0 Å². The lowest BCUT2D eigenvalue weighted by molar-refractivity contribution is -0.140. The number of hydrogen-bond donors (Lipinski definition) is 0. The molecule has 1 amide bonds. The van der Waals surface area contributed by atoms with Crippen LogP contribution < -0.4 is 0 Å². The quantitative estimate of drug-likeness (QED) is 0.712. The number of methoxy groups -OCH3 is 2. The molecule has 0 fully saturated rings. The minimum absolute atomic E-state index is 0.106. The molecule has 0 atom stereocenters. The molecule has 0 bridgehead atoms. The molecule has 0 aliphatic heterocycles. The van der Waals surface area contributed by atoms with Crippen LogP contribution in [0.5, 0.6) is 0 Å². The molecule has 5 nitrogen and oxygen atoms in total. The molecule has 1 aromatic carbocycles. The van der Waals surface area contributed by atoms with E-state index < -0.39 is 0 Å². The zero-order chi connectivity index (χ0) is 15.0. The molecule has 0 saturated heterocycles. The average molecular weight is 279 g/mol. The molecule has 0 spiro atoms. The predicted octanol–water partition coefficient (Wildman–Crippen LogP) is 1.65. The summed E-state index contributed by atoms with van der Waals surface area (Å²) in [7, 11) is 2.92. The fourth-order valence-corrected chi connectivity index (χ4v) is 1.72. The third-order valence-electron chi connectivity index (χ3n) is 2.96. The van der Waals surface area contributed by atoms with Crippen molar-refractivity contribution in [3.05, 3.63) is 35.4 Å². The molecular formula is C15H21NO4. The predicted molar refractivity (Wildman–Crippen MR) is 75.6 cm³/mol. The molecule has 0 N–H and O–H groups in total. The number of carbonyl (C=O) groups excluding carboxylic acids is 2. The Hall–Kier alpha value is -1.88. The molecule has 1 aromatic rings. The third kappa shape index (κ3) is 5.01. The number of carbonyl (C=O) groups is 2. The van der Waals surface area contributed by atoms with Gasteiger partial charge in [0, 0.05) is 25.8 Å². The number of rotatable bonds is 7. The first kappa shape index (κ1) is 16.2. The van der Waals surface area contributed by atoms with Crippen molar-refractivity contribution < 1.29 is 19.1 Å². The average Bonchev–Trinajstić information content (AvgIpc) is 2.47. The van der Waals surface area contributed by atoms with Gasteiger partial charge in [0.15, 0.2) is 0 Å². The van der Waals surface area contributed by atoms with Gasteiger partial charge in [-0.3, -0.25) is 9.59 Å². The van der Waals surface area contributed by atoms with Crippen LogP contribution in [0.1, 0.15) is 22.3 Å². The number of esters is 1. The van der Waals surface area contributed by atoms with Crippen molar-refractivity contribution in [3.8, 4) is 0 Å².